The van der Waals surface area contributed by atoms with Crippen LogP contribution in [0.15, 0.2) is 0 Å². The molecule has 4 aliphatic rings. The van der Waals surface area contributed by atoms with Gasteiger partial charge in [-0.05, 0) is 89.1 Å². The summed E-state index contributed by atoms with van der Waals surface area (Å²) in [5.74, 6) is 3.18. The fourth-order valence-corrected chi connectivity index (χ4v) is 5.98. The molecule has 4 fully saturated rings. The zero-order chi connectivity index (χ0) is 14.3. The van der Waals surface area contributed by atoms with E-state index in [2.05, 4.69) is 38.2 Å². The van der Waals surface area contributed by atoms with Crippen LogP contribution in [-0.4, -0.2) is 37.6 Å². The molecule has 0 aromatic heterocycles. The summed E-state index contributed by atoms with van der Waals surface area (Å²) in [4.78, 5) is 2.58. The Balaban J connectivity index is 1.72. The first-order chi connectivity index (χ1) is 9.56. The maximum atomic E-state index is 3.73. The van der Waals surface area contributed by atoms with Gasteiger partial charge in [-0.1, -0.05) is 6.92 Å². The van der Waals surface area contributed by atoms with Crippen LogP contribution in [0.4, 0.5) is 0 Å². The van der Waals surface area contributed by atoms with Crippen LogP contribution >= 0.6 is 0 Å². The lowest BCUT2D eigenvalue weighted by molar-refractivity contribution is -0.0778. The zero-order valence-corrected chi connectivity index (χ0v) is 14.0. The first kappa shape index (κ1) is 14.8. The van der Waals surface area contributed by atoms with Crippen molar-refractivity contribution in [3.8, 4) is 0 Å². The van der Waals surface area contributed by atoms with Crippen molar-refractivity contribution in [3.63, 3.8) is 0 Å². The van der Waals surface area contributed by atoms with Gasteiger partial charge in [0, 0.05) is 18.6 Å². The van der Waals surface area contributed by atoms with E-state index in [9.17, 15) is 0 Å². The van der Waals surface area contributed by atoms with Gasteiger partial charge in [0.2, 0.25) is 0 Å². The van der Waals surface area contributed by atoms with Crippen molar-refractivity contribution < 1.29 is 0 Å². The Morgan fingerprint density at radius 3 is 2.00 bits per heavy atom. The quantitative estimate of drug-likeness (QED) is 0.800. The average molecular weight is 278 g/mol. The standard InChI is InChI=1S/C18H34N2/c1-5-13(2)20(4)12-17(19-3)18-9-14-6-15(10-18)8-16(7-14)11-18/h13-17,19H,5-12H2,1-4H3. The summed E-state index contributed by atoms with van der Waals surface area (Å²) in [6.07, 6.45) is 10.5. The molecule has 0 saturated heterocycles. The van der Waals surface area contributed by atoms with Crippen molar-refractivity contribution in [3.05, 3.63) is 0 Å². The smallest absolute Gasteiger partial charge is 0.0248 e. The third-order valence-electron chi connectivity index (χ3n) is 6.99. The Morgan fingerprint density at radius 2 is 1.60 bits per heavy atom. The van der Waals surface area contributed by atoms with E-state index >= 15 is 0 Å². The van der Waals surface area contributed by atoms with Gasteiger partial charge < -0.3 is 10.2 Å². The first-order valence-electron chi connectivity index (χ1n) is 8.93. The van der Waals surface area contributed by atoms with Crippen molar-refractivity contribution in [2.45, 2.75) is 70.9 Å². The van der Waals surface area contributed by atoms with E-state index in [1.54, 1.807) is 19.3 Å². The minimum atomic E-state index is 0.630. The van der Waals surface area contributed by atoms with E-state index in [1.807, 2.05) is 0 Å². The molecule has 0 aromatic carbocycles. The molecule has 4 aliphatic carbocycles. The van der Waals surface area contributed by atoms with Crippen molar-refractivity contribution in [2.75, 3.05) is 20.6 Å². The summed E-state index contributed by atoms with van der Waals surface area (Å²) in [6, 6.07) is 1.41. The molecule has 0 aromatic rings. The highest BCUT2D eigenvalue weighted by Gasteiger charge is 2.53. The predicted octanol–water partition coefficient (Wildman–Crippen LogP) is 3.52. The van der Waals surface area contributed by atoms with Crippen LogP contribution in [0.1, 0.15) is 58.8 Å². The average Bonchev–Trinajstić information content (AvgIpc) is 2.41. The highest BCUT2D eigenvalue weighted by atomic mass is 15.2. The normalized spacial score (nSPS) is 42.1. The zero-order valence-electron chi connectivity index (χ0n) is 14.0. The molecule has 0 radical (unpaired) electrons. The van der Waals surface area contributed by atoms with Gasteiger partial charge in [0.1, 0.15) is 0 Å². The van der Waals surface area contributed by atoms with Gasteiger partial charge >= 0.3 is 0 Å². The Bertz CT molecular complexity index is 303. The molecule has 0 heterocycles. The highest BCUT2D eigenvalue weighted by molar-refractivity contribution is 5.06. The molecular weight excluding hydrogens is 244 g/mol. The molecule has 4 rings (SSSR count). The highest BCUT2D eigenvalue weighted by Crippen LogP contribution is 2.61. The van der Waals surface area contributed by atoms with Crippen molar-refractivity contribution in [2.24, 2.45) is 23.2 Å². The van der Waals surface area contributed by atoms with E-state index in [-0.39, 0.29) is 0 Å². The fourth-order valence-electron chi connectivity index (χ4n) is 5.98. The van der Waals surface area contributed by atoms with Gasteiger partial charge in [-0.25, -0.2) is 0 Å². The first-order valence-corrected chi connectivity index (χ1v) is 8.93. The van der Waals surface area contributed by atoms with Crippen molar-refractivity contribution in [1.29, 1.82) is 0 Å². The SMILES string of the molecule is CCC(C)N(C)CC(NC)C12CC3CC(CC(C3)C1)C2. The topological polar surface area (TPSA) is 15.3 Å². The Kier molecular flexibility index (Phi) is 4.16. The Hall–Kier alpha value is -0.0800. The molecule has 4 bridgehead atoms. The molecule has 2 unspecified atom stereocenters. The van der Waals surface area contributed by atoms with Gasteiger partial charge in [-0.15, -0.1) is 0 Å². The van der Waals surface area contributed by atoms with Gasteiger partial charge in [-0.2, -0.15) is 0 Å². The Morgan fingerprint density at radius 1 is 1.10 bits per heavy atom. The van der Waals surface area contributed by atoms with Crippen molar-refractivity contribution in [1.82, 2.24) is 10.2 Å². The van der Waals surface area contributed by atoms with E-state index in [0.29, 0.717) is 17.5 Å². The van der Waals surface area contributed by atoms with Crippen LogP contribution in [0.3, 0.4) is 0 Å². The fraction of sp³-hybridized carbons (Fsp3) is 1.00. The lowest BCUT2D eigenvalue weighted by Crippen LogP contribution is -2.58. The molecule has 116 valence electrons. The second kappa shape index (κ2) is 5.61. The van der Waals surface area contributed by atoms with Crippen LogP contribution in [0.5, 0.6) is 0 Å². The van der Waals surface area contributed by atoms with Gasteiger partial charge in [0.05, 0.1) is 0 Å². The summed E-state index contributed by atoms with van der Waals surface area (Å²) in [5, 5.41) is 3.73. The molecule has 1 N–H and O–H groups in total. The Labute approximate surface area is 125 Å². The molecule has 0 spiro atoms. The number of rotatable bonds is 6. The van der Waals surface area contributed by atoms with E-state index in [4.69, 9.17) is 0 Å². The lowest BCUT2D eigenvalue weighted by Gasteiger charge is -2.60. The van der Waals surface area contributed by atoms with Crippen LogP contribution in [0, 0.1) is 23.2 Å². The predicted molar refractivity (Wildman–Crippen MR) is 85.8 cm³/mol. The monoisotopic (exact) mass is 278 g/mol. The number of nitrogens with one attached hydrogen (secondary N) is 1. The van der Waals surface area contributed by atoms with Crippen LogP contribution in [-0.2, 0) is 0 Å². The molecule has 0 amide bonds. The number of likely N-dealkylation sites (N-methyl/N-ethyl adjacent to an activating group) is 2. The number of nitrogens with zero attached hydrogens (tertiary/aromatic N) is 1. The number of hydrogen-bond donors (Lipinski definition) is 1. The number of hydrogen-bond acceptors (Lipinski definition) is 2. The third-order valence-corrected chi connectivity index (χ3v) is 6.99. The second-order valence-corrected chi connectivity index (χ2v) is 8.32. The summed E-state index contributed by atoms with van der Waals surface area (Å²) in [6.45, 7) is 5.91. The molecule has 4 saturated carbocycles. The van der Waals surface area contributed by atoms with Gasteiger partial charge in [-0.3, -0.25) is 0 Å². The van der Waals surface area contributed by atoms with E-state index in [1.165, 1.54) is 32.2 Å². The maximum absolute atomic E-state index is 3.73. The summed E-state index contributed by atoms with van der Waals surface area (Å²) < 4.78 is 0. The molecule has 2 atom stereocenters. The maximum Gasteiger partial charge on any atom is 0.0248 e. The largest absolute Gasteiger partial charge is 0.315 e. The van der Waals surface area contributed by atoms with Crippen LogP contribution in [0.25, 0.3) is 0 Å². The summed E-state index contributed by atoms with van der Waals surface area (Å²) >= 11 is 0. The van der Waals surface area contributed by atoms with Crippen LogP contribution < -0.4 is 5.32 Å². The molecular formula is C18H34N2. The molecule has 20 heavy (non-hydrogen) atoms. The minimum Gasteiger partial charge on any atom is -0.315 e. The summed E-state index contributed by atoms with van der Waals surface area (Å²) in [7, 11) is 4.52. The minimum absolute atomic E-state index is 0.630. The lowest BCUT2D eigenvalue weighted by atomic mass is 9.47. The van der Waals surface area contributed by atoms with Crippen LogP contribution in [0.2, 0.25) is 0 Å². The third kappa shape index (κ3) is 2.54. The molecule has 0 aliphatic heterocycles. The van der Waals surface area contributed by atoms with E-state index < -0.39 is 0 Å². The summed E-state index contributed by atoms with van der Waals surface area (Å²) in [5.41, 5.74) is 0.630. The molecule has 2 heteroatoms. The molecule has 2 nitrogen and oxygen atoms in total. The van der Waals surface area contributed by atoms with Gasteiger partial charge in [0.25, 0.3) is 0 Å². The van der Waals surface area contributed by atoms with Crippen molar-refractivity contribution >= 4 is 0 Å². The second-order valence-electron chi connectivity index (χ2n) is 8.32. The van der Waals surface area contributed by atoms with Gasteiger partial charge in [0.15, 0.2) is 0 Å². The van der Waals surface area contributed by atoms with E-state index in [0.717, 1.165) is 17.8 Å².